The normalized spacial score (nSPS) is 23.5. The number of carbonyl (C=O) groups excluding carboxylic acids is 1. The maximum Gasteiger partial charge on any atom is 0.267 e. The van der Waals surface area contributed by atoms with Crippen molar-refractivity contribution in [2.24, 2.45) is 17.0 Å². The van der Waals surface area contributed by atoms with Crippen LogP contribution >= 0.6 is 0 Å². The monoisotopic (exact) mass is 299 g/mol. The number of aromatic nitrogens is 1. The first-order valence-electron chi connectivity index (χ1n) is 6.85. The number of rotatable bonds is 4. The molecule has 0 unspecified atom stereocenters. The highest BCUT2D eigenvalue weighted by Gasteiger charge is 2.20. The lowest BCUT2D eigenvalue weighted by Crippen LogP contribution is -2.31. The summed E-state index contributed by atoms with van der Waals surface area (Å²) in [5.41, 5.74) is 0.221. The van der Waals surface area contributed by atoms with Gasteiger partial charge in [0, 0.05) is 12.7 Å². The number of aromatic amines is 1. The molecule has 1 aromatic rings. The van der Waals surface area contributed by atoms with E-state index in [0.29, 0.717) is 12.5 Å². The van der Waals surface area contributed by atoms with Gasteiger partial charge in [-0.3, -0.25) is 4.79 Å². The third-order valence-corrected chi connectivity index (χ3v) is 4.81. The van der Waals surface area contributed by atoms with Crippen LogP contribution in [0.5, 0.6) is 0 Å². The molecule has 0 bridgehead atoms. The Morgan fingerprint density at radius 2 is 2.05 bits per heavy atom. The maximum absolute atomic E-state index is 11.9. The summed E-state index contributed by atoms with van der Waals surface area (Å²) in [7, 11) is -3.77. The summed E-state index contributed by atoms with van der Waals surface area (Å²) in [6, 6.07) is 1.26. The van der Waals surface area contributed by atoms with E-state index in [0.717, 1.165) is 18.8 Å². The van der Waals surface area contributed by atoms with Crippen LogP contribution in [-0.4, -0.2) is 25.9 Å². The fourth-order valence-corrected chi connectivity index (χ4v) is 3.04. The lowest BCUT2D eigenvalue weighted by atomic mass is 9.83. The summed E-state index contributed by atoms with van der Waals surface area (Å²) in [6.07, 6.45) is 5.91. The SMILES string of the molecule is CC1CCC(CNC(=O)c2cc(S(N)(=O)=O)c[nH]2)CC1. The highest BCUT2D eigenvalue weighted by atomic mass is 32.2. The van der Waals surface area contributed by atoms with Gasteiger partial charge in [0.05, 0.1) is 4.90 Å². The molecule has 112 valence electrons. The first-order valence-corrected chi connectivity index (χ1v) is 8.40. The molecule has 7 heteroatoms. The quantitative estimate of drug-likeness (QED) is 0.778. The Morgan fingerprint density at radius 3 is 2.60 bits per heavy atom. The number of nitrogens with one attached hydrogen (secondary N) is 2. The standard InChI is InChI=1S/C13H21N3O3S/c1-9-2-4-10(5-3-9)7-16-13(17)12-6-11(8-15-12)20(14,18)19/h6,8-10,15H,2-5,7H2,1H3,(H,16,17)(H2,14,18,19). The van der Waals surface area contributed by atoms with Gasteiger partial charge >= 0.3 is 0 Å². The molecule has 0 spiro atoms. The van der Waals surface area contributed by atoms with Gasteiger partial charge in [0.25, 0.3) is 5.91 Å². The third-order valence-electron chi connectivity index (χ3n) is 3.92. The van der Waals surface area contributed by atoms with Gasteiger partial charge in [-0.15, -0.1) is 0 Å². The number of carbonyl (C=O) groups is 1. The Labute approximate surface area is 119 Å². The Bertz CT molecular complexity index is 571. The Kier molecular flexibility index (Phi) is 4.49. The van der Waals surface area contributed by atoms with E-state index in [1.165, 1.54) is 25.1 Å². The average molecular weight is 299 g/mol. The molecule has 1 aliphatic rings. The number of H-pyrrole nitrogens is 1. The van der Waals surface area contributed by atoms with Crippen LogP contribution in [0.2, 0.25) is 0 Å². The lowest BCUT2D eigenvalue weighted by molar-refractivity contribution is 0.0937. The second-order valence-electron chi connectivity index (χ2n) is 5.63. The van der Waals surface area contributed by atoms with Gasteiger partial charge in [-0.25, -0.2) is 13.6 Å². The summed E-state index contributed by atoms with van der Waals surface area (Å²) >= 11 is 0. The molecule has 2 rings (SSSR count). The van der Waals surface area contributed by atoms with Crippen LogP contribution in [0.25, 0.3) is 0 Å². The highest BCUT2D eigenvalue weighted by Crippen LogP contribution is 2.27. The van der Waals surface area contributed by atoms with E-state index in [-0.39, 0.29) is 16.5 Å². The minimum absolute atomic E-state index is 0.0749. The molecule has 1 amide bonds. The number of primary sulfonamides is 1. The molecule has 1 fully saturated rings. The van der Waals surface area contributed by atoms with E-state index < -0.39 is 10.0 Å². The lowest BCUT2D eigenvalue weighted by Gasteiger charge is -2.26. The van der Waals surface area contributed by atoms with Crippen molar-refractivity contribution in [2.75, 3.05) is 6.54 Å². The minimum atomic E-state index is -3.77. The van der Waals surface area contributed by atoms with Gasteiger partial charge in [-0.2, -0.15) is 0 Å². The van der Waals surface area contributed by atoms with E-state index in [4.69, 9.17) is 5.14 Å². The van der Waals surface area contributed by atoms with Crippen LogP contribution in [0.15, 0.2) is 17.2 Å². The number of hydrogen-bond acceptors (Lipinski definition) is 3. The van der Waals surface area contributed by atoms with Crippen molar-refractivity contribution in [1.82, 2.24) is 10.3 Å². The van der Waals surface area contributed by atoms with E-state index in [2.05, 4.69) is 17.2 Å². The zero-order chi connectivity index (χ0) is 14.8. The van der Waals surface area contributed by atoms with Gasteiger partial charge < -0.3 is 10.3 Å². The van der Waals surface area contributed by atoms with Crippen LogP contribution in [0.1, 0.15) is 43.1 Å². The summed E-state index contributed by atoms with van der Waals surface area (Å²) < 4.78 is 22.3. The molecule has 6 nitrogen and oxygen atoms in total. The molecular formula is C13H21N3O3S. The summed E-state index contributed by atoms with van der Waals surface area (Å²) in [5.74, 6) is 1.00. The van der Waals surface area contributed by atoms with E-state index in [1.54, 1.807) is 0 Å². The van der Waals surface area contributed by atoms with E-state index >= 15 is 0 Å². The summed E-state index contributed by atoms with van der Waals surface area (Å²) in [5, 5.41) is 7.84. The van der Waals surface area contributed by atoms with Crippen molar-refractivity contribution >= 4 is 15.9 Å². The molecule has 0 aliphatic heterocycles. The predicted molar refractivity (Wildman–Crippen MR) is 75.6 cm³/mol. The van der Waals surface area contributed by atoms with Crippen LogP contribution in [0, 0.1) is 11.8 Å². The van der Waals surface area contributed by atoms with Crippen molar-refractivity contribution in [3.63, 3.8) is 0 Å². The molecule has 1 aromatic heterocycles. The van der Waals surface area contributed by atoms with Crippen molar-refractivity contribution in [1.29, 1.82) is 0 Å². The molecule has 20 heavy (non-hydrogen) atoms. The molecule has 0 saturated heterocycles. The van der Waals surface area contributed by atoms with Gasteiger partial charge in [-0.1, -0.05) is 19.8 Å². The van der Waals surface area contributed by atoms with Crippen LogP contribution in [-0.2, 0) is 10.0 Å². The van der Waals surface area contributed by atoms with Gasteiger partial charge in [0.15, 0.2) is 0 Å². The smallest absolute Gasteiger partial charge is 0.267 e. The predicted octanol–water partition coefficient (Wildman–Crippen LogP) is 1.22. The summed E-state index contributed by atoms with van der Waals surface area (Å²) in [4.78, 5) is 14.5. The van der Waals surface area contributed by atoms with Crippen LogP contribution in [0.3, 0.4) is 0 Å². The molecule has 0 atom stereocenters. The molecule has 1 heterocycles. The maximum atomic E-state index is 11.9. The Balaban J connectivity index is 1.87. The Morgan fingerprint density at radius 1 is 1.40 bits per heavy atom. The van der Waals surface area contributed by atoms with Crippen LogP contribution in [0.4, 0.5) is 0 Å². The molecule has 0 aromatic carbocycles. The third kappa shape index (κ3) is 3.83. The van der Waals surface area contributed by atoms with Gasteiger partial charge in [0.2, 0.25) is 10.0 Å². The largest absolute Gasteiger partial charge is 0.356 e. The second-order valence-corrected chi connectivity index (χ2v) is 7.19. The first-order chi connectivity index (χ1) is 9.36. The average Bonchev–Trinajstić information content (AvgIpc) is 2.87. The molecule has 1 saturated carbocycles. The number of amides is 1. The number of sulfonamides is 1. The topological polar surface area (TPSA) is 105 Å². The molecular weight excluding hydrogens is 278 g/mol. The van der Waals surface area contributed by atoms with Crippen molar-refractivity contribution in [3.8, 4) is 0 Å². The van der Waals surface area contributed by atoms with Crippen molar-refractivity contribution in [3.05, 3.63) is 18.0 Å². The summed E-state index contributed by atoms with van der Waals surface area (Å²) in [6.45, 7) is 2.89. The fourth-order valence-electron chi connectivity index (χ4n) is 2.54. The highest BCUT2D eigenvalue weighted by molar-refractivity contribution is 7.89. The van der Waals surface area contributed by atoms with E-state index in [1.807, 2.05) is 0 Å². The van der Waals surface area contributed by atoms with E-state index in [9.17, 15) is 13.2 Å². The van der Waals surface area contributed by atoms with Crippen LogP contribution < -0.4 is 10.5 Å². The number of hydrogen-bond donors (Lipinski definition) is 3. The first kappa shape index (κ1) is 15.1. The van der Waals surface area contributed by atoms with Crippen molar-refractivity contribution < 1.29 is 13.2 Å². The fraction of sp³-hybridized carbons (Fsp3) is 0.615. The van der Waals surface area contributed by atoms with Crippen molar-refractivity contribution in [2.45, 2.75) is 37.5 Å². The second kappa shape index (κ2) is 5.97. The Hall–Kier alpha value is -1.34. The number of nitrogens with two attached hydrogens (primary N) is 1. The molecule has 1 aliphatic carbocycles. The zero-order valence-electron chi connectivity index (χ0n) is 11.6. The zero-order valence-corrected chi connectivity index (χ0v) is 12.4. The minimum Gasteiger partial charge on any atom is -0.356 e. The van der Waals surface area contributed by atoms with Gasteiger partial charge in [-0.05, 0) is 30.7 Å². The molecule has 4 N–H and O–H groups in total. The van der Waals surface area contributed by atoms with Gasteiger partial charge in [0.1, 0.15) is 5.69 Å². The molecule has 0 radical (unpaired) electrons.